The third-order valence-corrected chi connectivity index (χ3v) is 8.52. The van der Waals surface area contributed by atoms with Crippen LogP contribution in [0.1, 0.15) is 18.9 Å². The molecule has 1 aliphatic rings. The molecule has 0 aliphatic carbocycles. The lowest BCUT2D eigenvalue weighted by molar-refractivity contribution is 0.578. The van der Waals surface area contributed by atoms with Crippen molar-refractivity contribution in [3.8, 4) is 0 Å². The Labute approximate surface area is 167 Å². The molecular formula is C24H25N2OP. The Morgan fingerprint density at radius 2 is 1.21 bits per heavy atom. The SMILES string of the molecule is CC/C(=C\c1ccccc1)P1(=O)N(c2ccccc2)CCN1c1ccccc1. The first kappa shape index (κ1) is 18.6. The molecule has 3 aromatic rings. The Bertz CT molecular complexity index is 935. The van der Waals surface area contributed by atoms with Gasteiger partial charge in [-0.25, -0.2) is 0 Å². The Kier molecular flexibility index (Phi) is 5.36. The first-order chi connectivity index (χ1) is 13.7. The van der Waals surface area contributed by atoms with Gasteiger partial charge >= 0.3 is 0 Å². The van der Waals surface area contributed by atoms with E-state index in [9.17, 15) is 4.57 Å². The van der Waals surface area contributed by atoms with E-state index in [1.165, 1.54) is 0 Å². The monoisotopic (exact) mass is 388 g/mol. The summed E-state index contributed by atoms with van der Waals surface area (Å²) >= 11 is 0. The van der Waals surface area contributed by atoms with E-state index >= 15 is 0 Å². The third kappa shape index (κ3) is 3.39. The number of nitrogens with zero attached hydrogens (tertiary/aromatic N) is 2. The number of rotatable bonds is 5. The van der Waals surface area contributed by atoms with Crippen LogP contribution in [-0.2, 0) is 4.57 Å². The maximum Gasteiger partial charge on any atom is 0.288 e. The van der Waals surface area contributed by atoms with E-state index in [0.29, 0.717) is 0 Å². The Morgan fingerprint density at radius 1 is 0.786 bits per heavy atom. The molecule has 4 heteroatoms. The van der Waals surface area contributed by atoms with Crippen LogP contribution in [0.3, 0.4) is 0 Å². The van der Waals surface area contributed by atoms with Crippen LogP contribution >= 0.6 is 7.44 Å². The van der Waals surface area contributed by atoms with Crippen LogP contribution < -0.4 is 9.34 Å². The fraction of sp³-hybridized carbons (Fsp3) is 0.167. The molecule has 0 atom stereocenters. The first-order valence-electron chi connectivity index (χ1n) is 9.76. The van der Waals surface area contributed by atoms with Crippen LogP contribution in [0.25, 0.3) is 6.08 Å². The molecule has 0 spiro atoms. The molecule has 1 heterocycles. The molecule has 0 N–H and O–H groups in total. The van der Waals surface area contributed by atoms with Gasteiger partial charge in [-0.2, -0.15) is 0 Å². The molecule has 0 aromatic heterocycles. The van der Waals surface area contributed by atoms with Crippen LogP contribution in [0.2, 0.25) is 0 Å². The summed E-state index contributed by atoms with van der Waals surface area (Å²) in [4.78, 5) is 0. The van der Waals surface area contributed by atoms with Gasteiger partial charge in [-0.15, -0.1) is 0 Å². The van der Waals surface area contributed by atoms with Crippen LogP contribution in [0.15, 0.2) is 96.3 Å². The average molecular weight is 388 g/mol. The second-order valence-corrected chi connectivity index (χ2v) is 9.49. The van der Waals surface area contributed by atoms with Gasteiger partial charge in [0.1, 0.15) is 0 Å². The fourth-order valence-corrected chi connectivity index (χ4v) is 7.03. The van der Waals surface area contributed by atoms with Gasteiger partial charge < -0.3 is 9.34 Å². The average Bonchev–Trinajstić information content (AvgIpc) is 3.12. The molecule has 4 rings (SSSR count). The Hall–Kier alpha value is -2.77. The van der Waals surface area contributed by atoms with Crippen molar-refractivity contribution in [2.45, 2.75) is 13.3 Å². The van der Waals surface area contributed by atoms with Crippen molar-refractivity contribution in [2.75, 3.05) is 22.4 Å². The highest BCUT2D eigenvalue weighted by molar-refractivity contribution is 7.71. The Balaban J connectivity index is 1.86. The molecule has 142 valence electrons. The molecule has 1 saturated heterocycles. The smallest absolute Gasteiger partial charge is 0.288 e. The topological polar surface area (TPSA) is 23.6 Å². The summed E-state index contributed by atoms with van der Waals surface area (Å²) in [5.74, 6) is 0. The lowest BCUT2D eigenvalue weighted by atomic mass is 10.2. The van der Waals surface area contributed by atoms with E-state index in [4.69, 9.17) is 0 Å². The van der Waals surface area contributed by atoms with Gasteiger partial charge in [0.2, 0.25) is 0 Å². The zero-order valence-electron chi connectivity index (χ0n) is 16.1. The molecule has 3 aromatic carbocycles. The van der Waals surface area contributed by atoms with Crippen molar-refractivity contribution >= 4 is 24.9 Å². The standard InChI is InChI=1S/C24H25N2OP/c1-2-24(20-21-12-6-3-7-13-21)28(27)25(22-14-8-4-9-15-22)18-19-26(28)23-16-10-5-11-17-23/h3-17,20H,2,18-19H2,1H3/b24-20+. The highest BCUT2D eigenvalue weighted by Gasteiger charge is 2.45. The lowest BCUT2D eigenvalue weighted by Gasteiger charge is -2.34. The predicted octanol–water partition coefficient (Wildman–Crippen LogP) is 6.66. The zero-order valence-corrected chi connectivity index (χ0v) is 17.0. The second kappa shape index (κ2) is 8.08. The predicted molar refractivity (Wildman–Crippen MR) is 120 cm³/mol. The highest BCUT2D eigenvalue weighted by atomic mass is 31.2. The van der Waals surface area contributed by atoms with E-state index in [1.807, 2.05) is 54.6 Å². The molecule has 3 nitrogen and oxygen atoms in total. The first-order valence-corrected chi connectivity index (χ1v) is 11.4. The summed E-state index contributed by atoms with van der Waals surface area (Å²) in [6, 6.07) is 30.4. The minimum atomic E-state index is -2.98. The number of anilines is 2. The highest BCUT2D eigenvalue weighted by Crippen LogP contribution is 2.66. The molecule has 1 aliphatic heterocycles. The minimum absolute atomic E-state index is 0.735. The van der Waals surface area contributed by atoms with Crippen molar-refractivity contribution in [1.82, 2.24) is 0 Å². The van der Waals surface area contributed by atoms with Crippen LogP contribution in [0.4, 0.5) is 11.4 Å². The summed E-state index contributed by atoms with van der Waals surface area (Å²) in [6.07, 6.45) is 2.84. The summed E-state index contributed by atoms with van der Waals surface area (Å²) in [6.45, 7) is 3.57. The maximum absolute atomic E-state index is 14.8. The van der Waals surface area contributed by atoms with Crippen molar-refractivity contribution in [3.63, 3.8) is 0 Å². The molecule has 0 saturated carbocycles. The van der Waals surface area contributed by atoms with Crippen molar-refractivity contribution in [2.24, 2.45) is 0 Å². The number of allylic oxidation sites excluding steroid dienone is 1. The quantitative estimate of drug-likeness (QED) is 0.457. The van der Waals surface area contributed by atoms with Gasteiger partial charge in [-0.3, -0.25) is 4.57 Å². The van der Waals surface area contributed by atoms with Crippen molar-refractivity contribution in [3.05, 3.63) is 102 Å². The summed E-state index contributed by atoms with van der Waals surface area (Å²) in [5, 5.41) is 0.976. The van der Waals surface area contributed by atoms with E-state index in [0.717, 1.165) is 41.8 Å². The van der Waals surface area contributed by atoms with E-state index in [1.54, 1.807) is 0 Å². The fourth-order valence-electron chi connectivity index (χ4n) is 3.81. The van der Waals surface area contributed by atoms with Crippen LogP contribution in [-0.4, -0.2) is 13.1 Å². The summed E-state index contributed by atoms with van der Waals surface area (Å²) in [5.41, 5.74) is 3.11. The zero-order chi connectivity index (χ0) is 19.4. The number of para-hydroxylation sites is 2. The summed E-state index contributed by atoms with van der Waals surface area (Å²) < 4.78 is 19.0. The molecule has 1 fully saturated rings. The van der Waals surface area contributed by atoms with Gasteiger partial charge in [0.25, 0.3) is 7.44 Å². The van der Waals surface area contributed by atoms with Crippen LogP contribution in [0.5, 0.6) is 0 Å². The number of hydrogen-bond acceptors (Lipinski definition) is 1. The lowest BCUT2D eigenvalue weighted by Crippen LogP contribution is -2.20. The molecule has 0 amide bonds. The van der Waals surface area contributed by atoms with Crippen LogP contribution in [0, 0.1) is 0 Å². The molecule has 0 radical (unpaired) electrons. The maximum atomic E-state index is 14.8. The molecule has 28 heavy (non-hydrogen) atoms. The van der Waals surface area contributed by atoms with Gasteiger partial charge in [0.05, 0.1) is 0 Å². The third-order valence-electron chi connectivity index (χ3n) is 5.16. The van der Waals surface area contributed by atoms with Crippen molar-refractivity contribution in [1.29, 1.82) is 0 Å². The van der Waals surface area contributed by atoms with E-state index in [2.05, 4.69) is 58.7 Å². The van der Waals surface area contributed by atoms with Gasteiger partial charge in [-0.1, -0.05) is 73.7 Å². The van der Waals surface area contributed by atoms with Gasteiger partial charge in [0, 0.05) is 29.8 Å². The Morgan fingerprint density at radius 3 is 1.64 bits per heavy atom. The van der Waals surface area contributed by atoms with E-state index < -0.39 is 7.44 Å². The largest absolute Gasteiger partial charge is 0.302 e. The molecule has 0 unspecified atom stereocenters. The molecular weight excluding hydrogens is 363 g/mol. The number of benzene rings is 3. The normalized spacial score (nSPS) is 16.4. The van der Waals surface area contributed by atoms with Crippen molar-refractivity contribution < 1.29 is 4.57 Å². The number of hydrogen-bond donors (Lipinski definition) is 0. The second-order valence-electron chi connectivity index (χ2n) is 6.86. The molecule has 0 bridgehead atoms. The summed E-state index contributed by atoms with van der Waals surface area (Å²) in [7, 11) is -2.98. The van der Waals surface area contributed by atoms with Gasteiger partial charge in [-0.05, 0) is 42.3 Å². The van der Waals surface area contributed by atoms with E-state index in [-0.39, 0.29) is 0 Å². The van der Waals surface area contributed by atoms with Gasteiger partial charge in [0.15, 0.2) is 0 Å². The minimum Gasteiger partial charge on any atom is -0.302 e.